The fourth-order valence-corrected chi connectivity index (χ4v) is 3.18. The first-order valence-electron chi connectivity index (χ1n) is 9.44. The lowest BCUT2D eigenvalue weighted by Gasteiger charge is -2.08. The number of hydrogen-bond acceptors (Lipinski definition) is 3. The van der Waals surface area contributed by atoms with Crippen molar-refractivity contribution in [1.82, 2.24) is 10.3 Å². The van der Waals surface area contributed by atoms with Gasteiger partial charge >= 0.3 is 0 Å². The van der Waals surface area contributed by atoms with Crippen molar-refractivity contribution in [3.05, 3.63) is 95.7 Å². The van der Waals surface area contributed by atoms with Crippen LogP contribution in [-0.4, -0.2) is 16.6 Å². The van der Waals surface area contributed by atoms with Crippen LogP contribution >= 0.6 is 0 Å². The molecule has 0 atom stereocenters. The third-order valence-electron chi connectivity index (χ3n) is 4.87. The number of aromatic nitrogens is 1. The number of carbonyl (C=O) groups is 1. The standard InChI is InChI=1S/C24H22N4O/c1-16(28-23-5-3-2-4-21(23)25)18-8-6-17(7-9-18)15-27-24(29)20-10-11-22-19(14-20)12-13-26-22/h2-14,26H,15,25H2,1H3,(H,27,29). The fraction of sp³-hybridized carbons (Fsp3) is 0.0833. The van der Waals surface area contributed by atoms with E-state index < -0.39 is 0 Å². The second-order valence-electron chi connectivity index (χ2n) is 6.92. The summed E-state index contributed by atoms with van der Waals surface area (Å²) in [5, 5.41) is 4.00. The third kappa shape index (κ3) is 4.19. The smallest absolute Gasteiger partial charge is 0.251 e. The van der Waals surface area contributed by atoms with Crippen molar-refractivity contribution in [2.24, 2.45) is 4.99 Å². The minimum atomic E-state index is -0.0885. The lowest BCUT2D eigenvalue weighted by Crippen LogP contribution is -2.22. The van der Waals surface area contributed by atoms with Crippen molar-refractivity contribution >= 4 is 33.9 Å². The predicted octanol–water partition coefficient (Wildman–Crippen LogP) is 4.82. The van der Waals surface area contributed by atoms with Crippen molar-refractivity contribution < 1.29 is 4.79 Å². The van der Waals surface area contributed by atoms with E-state index in [0.717, 1.165) is 33.4 Å². The van der Waals surface area contributed by atoms with E-state index >= 15 is 0 Å². The first kappa shape index (κ1) is 18.5. The van der Waals surface area contributed by atoms with E-state index in [1.807, 2.05) is 85.9 Å². The van der Waals surface area contributed by atoms with Gasteiger partial charge in [-0.1, -0.05) is 36.4 Å². The van der Waals surface area contributed by atoms with Gasteiger partial charge in [0.2, 0.25) is 0 Å². The summed E-state index contributed by atoms with van der Waals surface area (Å²) in [6.07, 6.45) is 1.87. The SMILES string of the molecule is CC(=Nc1ccccc1N)c1ccc(CNC(=O)c2ccc3[nH]ccc3c2)cc1. The molecule has 29 heavy (non-hydrogen) atoms. The highest BCUT2D eigenvalue weighted by atomic mass is 16.1. The Morgan fingerprint density at radius 3 is 2.55 bits per heavy atom. The minimum absolute atomic E-state index is 0.0885. The predicted molar refractivity (Wildman–Crippen MR) is 119 cm³/mol. The molecule has 0 bridgehead atoms. The Bertz CT molecular complexity index is 1190. The number of fused-ring (bicyclic) bond motifs is 1. The molecule has 1 heterocycles. The Balaban J connectivity index is 1.41. The van der Waals surface area contributed by atoms with Crippen LogP contribution in [0.1, 0.15) is 28.4 Å². The van der Waals surface area contributed by atoms with Gasteiger partial charge in [0.05, 0.1) is 11.4 Å². The normalized spacial score (nSPS) is 11.6. The minimum Gasteiger partial charge on any atom is -0.397 e. The second-order valence-corrected chi connectivity index (χ2v) is 6.92. The molecule has 1 amide bonds. The van der Waals surface area contributed by atoms with E-state index in [2.05, 4.69) is 15.3 Å². The van der Waals surface area contributed by atoms with Crippen LogP contribution in [0, 0.1) is 0 Å². The summed E-state index contributed by atoms with van der Waals surface area (Å²) in [5.74, 6) is -0.0885. The lowest BCUT2D eigenvalue weighted by atomic mass is 10.1. The van der Waals surface area contributed by atoms with Crippen LogP contribution < -0.4 is 11.1 Å². The third-order valence-corrected chi connectivity index (χ3v) is 4.87. The van der Waals surface area contributed by atoms with Crippen LogP contribution in [0.2, 0.25) is 0 Å². The molecule has 4 N–H and O–H groups in total. The Morgan fingerprint density at radius 2 is 1.76 bits per heavy atom. The summed E-state index contributed by atoms with van der Waals surface area (Å²) in [6.45, 7) is 2.42. The Hall–Kier alpha value is -3.86. The van der Waals surface area contributed by atoms with E-state index in [1.54, 1.807) is 0 Å². The molecular weight excluding hydrogens is 360 g/mol. The first-order chi connectivity index (χ1) is 14.1. The molecule has 0 fully saturated rings. The number of nitrogens with two attached hydrogens (primary N) is 1. The Labute approximate surface area is 169 Å². The number of aromatic amines is 1. The average molecular weight is 382 g/mol. The van der Waals surface area contributed by atoms with E-state index in [0.29, 0.717) is 17.8 Å². The van der Waals surface area contributed by atoms with E-state index in [4.69, 9.17) is 5.73 Å². The van der Waals surface area contributed by atoms with Crippen molar-refractivity contribution in [3.63, 3.8) is 0 Å². The van der Waals surface area contributed by atoms with Crippen LogP contribution in [0.25, 0.3) is 10.9 Å². The van der Waals surface area contributed by atoms with Crippen molar-refractivity contribution in [1.29, 1.82) is 0 Å². The molecule has 0 spiro atoms. The number of rotatable bonds is 5. The van der Waals surface area contributed by atoms with Gasteiger partial charge in [-0.3, -0.25) is 9.79 Å². The van der Waals surface area contributed by atoms with Crippen LogP contribution in [0.15, 0.2) is 84.0 Å². The number of amides is 1. The molecule has 0 aliphatic carbocycles. The topological polar surface area (TPSA) is 83.3 Å². The van der Waals surface area contributed by atoms with Gasteiger partial charge in [-0.25, -0.2) is 0 Å². The first-order valence-corrected chi connectivity index (χ1v) is 9.44. The summed E-state index contributed by atoms with van der Waals surface area (Å²) < 4.78 is 0. The van der Waals surface area contributed by atoms with Crippen molar-refractivity contribution in [3.8, 4) is 0 Å². The van der Waals surface area contributed by atoms with Crippen molar-refractivity contribution in [2.45, 2.75) is 13.5 Å². The van der Waals surface area contributed by atoms with Gasteiger partial charge in [0.15, 0.2) is 0 Å². The summed E-state index contributed by atoms with van der Waals surface area (Å²) in [5.41, 5.74) is 12.0. The molecule has 144 valence electrons. The molecule has 0 unspecified atom stereocenters. The molecule has 0 radical (unpaired) electrons. The molecule has 4 aromatic rings. The van der Waals surface area contributed by atoms with E-state index in [1.165, 1.54) is 0 Å². The lowest BCUT2D eigenvalue weighted by molar-refractivity contribution is 0.0951. The van der Waals surface area contributed by atoms with Crippen molar-refractivity contribution in [2.75, 3.05) is 5.73 Å². The highest BCUT2D eigenvalue weighted by Gasteiger charge is 2.07. The Morgan fingerprint density at radius 1 is 1.00 bits per heavy atom. The maximum atomic E-state index is 12.4. The maximum absolute atomic E-state index is 12.4. The van der Waals surface area contributed by atoms with E-state index in [9.17, 15) is 4.79 Å². The molecular formula is C24H22N4O. The molecule has 4 rings (SSSR count). The van der Waals surface area contributed by atoms with Gasteiger partial charge in [0, 0.05) is 34.9 Å². The van der Waals surface area contributed by atoms with Crippen LogP contribution in [0.3, 0.4) is 0 Å². The van der Waals surface area contributed by atoms with Crippen LogP contribution in [0.5, 0.6) is 0 Å². The van der Waals surface area contributed by atoms with Gasteiger partial charge in [0.1, 0.15) is 0 Å². The van der Waals surface area contributed by atoms with Crippen LogP contribution in [0.4, 0.5) is 11.4 Å². The number of anilines is 1. The Kier molecular flexibility index (Phi) is 5.12. The number of nitrogen functional groups attached to an aromatic ring is 1. The molecule has 1 aromatic heterocycles. The second kappa shape index (κ2) is 8.02. The van der Waals surface area contributed by atoms with Gasteiger partial charge < -0.3 is 16.0 Å². The zero-order valence-corrected chi connectivity index (χ0v) is 16.1. The highest BCUT2D eigenvalue weighted by molar-refractivity contribution is 6.01. The molecule has 0 saturated carbocycles. The number of benzene rings is 3. The number of H-pyrrole nitrogens is 1. The van der Waals surface area contributed by atoms with Gasteiger partial charge in [0.25, 0.3) is 5.91 Å². The molecule has 0 aliphatic heterocycles. The quantitative estimate of drug-likeness (QED) is 0.341. The number of aliphatic imine (C=N–C) groups is 1. The molecule has 5 nitrogen and oxygen atoms in total. The molecule has 0 aliphatic rings. The maximum Gasteiger partial charge on any atom is 0.251 e. The average Bonchev–Trinajstić information content (AvgIpc) is 3.22. The number of nitrogens with zero attached hydrogens (tertiary/aromatic N) is 1. The number of carbonyl (C=O) groups excluding carboxylic acids is 1. The van der Waals surface area contributed by atoms with Gasteiger partial charge in [-0.2, -0.15) is 0 Å². The summed E-state index contributed by atoms with van der Waals surface area (Å²) in [7, 11) is 0. The molecule has 5 heteroatoms. The summed E-state index contributed by atoms with van der Waals surface area (Å²) in [4.78, 5) is 20.2. The van der Waals surface area contributed by atoms with E-state index in [-0.39, 0.29) is 5.91 Å². The highest BCUT2D eigenvalue weighted by Crippen LogP contribution is 2.22. The molecule has 3 aromatic carbocycles. The zero-order chi connectivity index (χ0) is 20.2. The molecule has 0 saturated heterocycles. The summed E-state index contributed by atoms with van der Waals surface area (Å²) >= 11 is 0. The van der Waals surface area contributed by atoms with Gasteiger partial charge in [-0.15, -0.1) is 0 Å². The van der Waals surface area contributed by atoms with Crippen LogP contribution in [-0.2, 0) is 6.54 Å². The van der Waals surface area contributed by atoms with Gasteiger partial charge in [-0.05, 0) is 54.4 Å². The fourth-order valence-electron chi connectivity index (χ4n) is 3.18. The number of nitrogens with one attached hydrogen (secondary N) is 2. The zero-order valence-electron chi connectivity index (χ0n) is 16.1. The number of hydrogen-bond donors (Lipinski definition) is 3. The monoisotopic (exact) mass is 382 g/mol. The summed E-state index contributed by atoms with van der Waals surface area (Å²) in [6, 6.07) is 23.1. The largest absolute Gasteiger partial charge is 0.397 e. The number of para-hydroxylation sites is 2.